The van der Waals surface area contributed by atoms with E-state index in [0.717, 1.165) is 76.8 Å². The lowest BCUT2D eigenvalue weighted by Gasteiger charge is -2.39. The predicted octanol–water partition coefficient (Wildman–Crippen LogP) is 5.67. The Bertz CT molecular complexity index is 1040. The fraction of sp³-hybridized carbons (Fsp3) is 0.424. The molecule has 0 aromatic heterocycles. The molecule has 3 aromatic carbocycles. The zero-order valence-electron chi connectivity index (χ0n) is 22.4. The molecule has 5 nitrogen and oxygen atoms in total. The molecule has 202 valence electrons. The van der Waals surface area contributed by atoms with E-state index in [1.54, 1.807) is 0 Å². The van der Waals surface area contributed by atoms with Crippen LogP contribution in [-0.4, -0.2) is 64.3 Å². The van der Waals surface area contributed by atoms with Crippen LogP contribution in [0.1, 0.15) is 49.3 Å². The van der Waals surface area contributed by atoms with Gasteiger partial charge in [-0.05, 0) is 62.1 Å². The average Bonchev–Trinajstić information content (AvgIpc) is 3.40. The van der Waals surface area contributed by atoms with Crippen molar-refractivity contribution in [3.8, 4) is 0 Å². The molecule has 3 aromatic rings. The highest BCUT2D eigenvalue weighted by molar-refractivity contribution is 5.75. The van der Waals surface area contributed by atoms with E-state index in [9.17, 15) is 15.0 Å². The Morgan fingerprint density at radius 2 is 1.39 bits per heavy atom. The first kappa shape index (κ1) is 28.0. The smallest absolute Gasteiger partial charge is 0.325 e. The van der Waals surface area contributed by atoms with Gasteiger partial charge in [-0.25, -0.2) is 0 Å². The molecule has 38 heavy (non-hydrogen) atoms. The van der Waals surface area contributed by atoms with E-state index in [4.69, 9.17) is 0 Å². The first-order valence-electron chi connectivity index (χ1n) is 14.0. The van der Waals surface area contributed by atoms with E-state index in [2.05, 4.69) is 34.1 Å². The van der Waals surface area contributed by atoms with Gasteiger partial charge in [-0.15, -0.1) is 0 Å². The third-order valence-electron chi connectivity index (χ3n) is 7.95. The first-order chi connectivity index (χ1) is 18.5. The van der Waals surface area contributed by atoms with Gasteiger partial charge in [-0.1, -0.05) is 97.1 Å². The van der Waals surface area contributed by atoms with Gasteiger partial charge in [0.2, 0.25) is 0 Å². The number of hydrogen-bond acceptors (Lipinski definition) is 4. The van der Waals surface area contributed by atoms with Gasteiger partial charge >= 0.3 is 5.97 Å². The first-order valence-corrected chi connectivity index (χ1v) is 14.0. The second-order valence-corrected chi connectivity index (χ2v) is 10.8. The molecule has 2 aliphatic rings. The van der Waals surface area contributed by atoms with Crippen molar-refractivity contribution in [2.75, 3.05) is 32.7 Å². The Morgan fingerprint density at radius 1 is 0.842 bits per heavy atom. The highest BCUT2D eigenvalue weighted by Gasteiger charge is 2.36. The zero-order valence-corrected chi connectivity index (χ0v) is 22.4. The number of rotatable bonds is 9. The fourth-order valence-corrected chi connectivity index (χ4v) is 5.81. The Morgan fingerprint density at radius 3 is 1.97 bits per heavy atom. The van der Waals surface area contributed by atoms with Crippen LogP contribution in [0.4, 0.5) is 0 Å². The topological polar surface area (TPSA) is 64.0 Å². The number of benzene rings is 3. The molecule has 0 spiro atoms. The lowest BCUT2D eigenvalue weighted by atomic mass is 9.85. The van der Waals surface area contributed by atoms with Gasteiger partial charge in [0.05, 0.1) is 5.60 Å². The largest absolute Gasteiger partial charge is 0.480 e. The highest BCUT2D eigenvalue weighted by Crippen LogP contribution is 2.31. The normalized spacial score (nSPS) is 20.3. The summed E-state index contributed by atoms with van der Waals surface area (Å²) in [6, 6.07) is 31.5. The van der Waals surface area contributed by atoms with Gasteiger partial charge in [-0.2, -0.15) is 0 Å². The van der Waals surface area contributed by atoms with Gasteiger partial charge in [0, 0.05) is 26.2 Å². The molecule has 0 saturated carbocycles. The highest BCUT2D eigenvalue weighted by atomic mass is 16.4. The summed E-state index contributed by atoms with van der Waals surface area (Å²) in [5, 5.41) is 20.8. The Kier molecular flexibility index (Phi) is 10.5. The minimum Gasteiger partial charge on any atom is -0.480 e. The molecule has 0 radical (unpaired) electrons. The summed E-state index contributed by atoms with van der Waals surface area (Å²) in [6.45, 7) is 4.51. The number of carbonyl (C=O) groups is 1. The lowest BCUT2D eigenvalue weighted by molar-refractivity contribution is -0.143. The number of carboxylic acids is 1. The lowest BCUT2D eigenvalue weighted by Crippen LogP contribution is -2.46. The maximum absolute atomic E-state index is 12.0. The van der Waals surface area contributed by atoms with Crippen LogP contribution in [0.3, 0.4) is 0 Å². The third-order valence-corrected chi connectivity index (χ3v) is 7.95. The Hall–Kier alpha value is -2.99. The van der Waals surface area contributed by atoms with E-state index < -0.39 is 17.6 Å². The summed E-state index contributed by atoms with van der Waals surface area (Å²) in [4.78, 5) is 16.5. The number of piperidine rings is 1. The number of carboxylic acid groups (broad SMARTS) is 1. The van der Waals surface area contributed by atoms with Crippen molar-refractivity contribution in [1.82, 2.24) is 9.80 Å². The SMILES string of the molecule is O=C(O)C(c1ccccc1)N1CCC(CN2CCC(O)(CCCc3ccccc3)CC2)C1.c1ccccc1. The molecule has 5 rings (SSSR count). The van der Waals surface area contributed by atoms with Crippen LogP contribution in [0, 0.1) is 5.92 Å². The molecular weight excluding hydrogens is 472 g/mol. The fourth-order valence-electron chi connectivity index (χ4n) is 5.81. The molecule has 2 aliphatic heterocycles. The molecule has 2 heterocycles. The monoisotopic (exact) mass is 514 g/mol. The molecule has 0 amide bonds. The minimum atomic E-state index is -0.768. The number of hydrogen-bond donors (Lipinski definition) is 2. The molecule has 0 bridgehead atoms. The summed E-state index contributed by atoms with van der Waals surface area (Å²) in [5.74, 6) is -0.278. The summed E-state index contributed by atoms with van der Waals surface area (Å²) in [6.07, 6.45) is 5.61. The Balaban J connectivity index is 0.000000494. The maximum Gasteiger partial charge on any atom is 0.325 e. The van der Waals surface area contributed by atoms with E-state index >= 15 is 0 Å². The van der Waals surface area contributed by atoms with Crippen LogP contribution in [0.2, 0.25) is 0 Å². The second kappa shape index (κ2) is 14.2. The predicted molar refractivity (Wildman–Crippen MR) is 153 cm³/mol. The van der Waals surface area contributed by atoms with E-state index in [0.29, 0.717) is 5.92 Å². The number of aliphatic hydroxyl groups is 1. The van der Waals surface area contributed by atoms with E-state index in [-0.39, 0.29) is 0 Å². The van der Waals surface area contributed by atoms with Crippen molar-refractivity contribution in [1.29, 1.82) is 0 Å². The van der Waals surface area contributed by atoms with Gasteiger partial charge in [0.25, 0.3) is 0 Å². The van der Waals surface area contributed by atoms with Crippen molar-refractivity contribution in [3.63, 3.8) is 0 Å². The number of likely N-dealkylation sites (tertiary alicyclic amines) is 2. The molecule has 5 heteroatoms. The van der Waals surface area contributed by atoms with Crippen LogP contribution >= 0.6 is 0 Å². The number of nitrogens with zero attached hydrogens (tertiary/aromatic N) is 2. The van der Waals surface area contributed by atoms with Crippen molar-refractivity contribution in [3.05, 3.63) is 108 Å². The number of aryl methyl sites for hydroxylation is 1. The molecular formula is C33H42N2O3. The third kappa shape index (κ3) is 8.52. The maximum atomic E-state index is 12.0. The van der Waals surface area contributed by atoms with Crippen LogP contribution < -0.4 is 0 Å². The van der Waals surface area contributed by atoms with Gasteiger partial charge < -0.3 is 15.1 Å². The van der Waals surface area contributed by atoms with Crippen molar-refractivity contribution >= 4 is 5.97 Å². The van der Waals surface area contributed by atoms with Crippen LogP contribution in [-0.2, 0) is 11.2 Å². The zero-order chi connectivity index (χ0) is 26.6. The summed E-state index contributed by atoms with van der Waals surface area (Å²) >= 11 is 0. The van der Waals surface area contributed by atoms with Gasteiger partial charge in [0.1, 0.15) is 6.04 Å². The van der Waals surface area contributed by atoms with Crippen LogP contribution in [0.15, 0.2) is 97.1 Å². The van der Waals surface area contributed by atoms with Crippen LogP contribution in [0.5, 0.6) is 0 Å². The van der Waals surface area contributed by atoms with Crippen molar-refractivity contribution in [2.24, 2.45) is 5.92 Å². The van der Waals surface area contributed by atoms with Crippen molar-refractivity contribution < 1.29 is 15.0 Å². The van der Waals surface area contributed by atoms with Gasteiger partial charge in [-0.3, -0.25) is 9.69 Å². The van der Waals surface area contributed by atoms with Crippen molar-refractivity contribution in [2.45, 2.75) is 50.2 Å². The average molecular weight is 515 g/mol. The standard InChI is InChI=1S/C27H36N2O3.C6H6/c30-26(31)25(24-11-5-2-6-12-24)29-17-13-23(21-29)20-28-18-15-27(32,16-19-28)14-7-10-22-8-3-1-4-9-22;1-2-4-6-5-3-1/h1-6,8-9,11-12,23,25,32H,7,10,13-21H2,(H,30,31);1-6H. The van der Waals surface area contributed by atoms with E-state index in [1.807, 2.05) is 72.8 Å². The summed E-state index contributed by atoms with van der Waals surface area (Å²) in [7, 11) is 0. The van der Waals surface area contributed by atoms with Gasteiger partial charge in [0.15, 0.2) is 0 Å². The quantitative estimate of drug-likeness (QED) is 0.385. The molecule has 2 unspecified atom stereocenters. The van der Waals surface area contributed by atoms with E-state index in [1.165, 1.54) is 5.56 Å². The summed E-state index contributed by atoms with van der Waals surface area (Å²) in [5.41, 5.74) is 1.67. The molecule has 2 atom stereocenters. The summed E-state index contributed by atoms with van der Waals surface area (Å²) < 4.78 is 0. The number of aliphatic carboxylic acids is 1. The van der Waals surface area contributed by atoms with Crippen LogP contribution in [0.25, 0.3) is 0 Å². The molecule has 0 aliphatic carbocycles. The minimum absolute atomic E-state index is 0.491. The molecule has 2 saturated heterocycles. The molecule has 2 N–H and O–H groups in total. The Labute approximate surface area is 227 Å². The molecule has 2 fully saturated rings. The second-order valence-electron chi connectivity index (χ2n) is 10.8.